The molecule has 0 aromatic rings. The van der Waals surface area contributed by atoms with E-state index in [1.165, 1.54) is 25.7 Å². The lowest BCUT2D eigenvalue weighted by atomic mass is 9.75. The highest BCUT2D eigenvalue weighted by Gasteiger charge is 2.34. The molecule has 0 atom stereocenters. The lowest BCUT2D eigenvalue weighted by Crippen LogP contribution is -2.53. The Hall–Kier alpha value is -0.0800. The number of hydrogen-bond acceptors (Lipinski definition) is 2. The van der Waals surface area contributed by atoms with Crippen molar-refractivity contribution >= 4 is 0 Å². The van der Waals surface area contributed by atoms with Crippen LogP contribution in [-0.2, 0) is 0 Å². The lowest BCUT2D eigenvalue weighted by Gasteiger charge is -2.39. The molecule has 1 fully saturated rings. The summed E-state index contributed by atoms with van der Waals surface area (Å²) >= 11 is 0. The smallest absolute Gasteiger partial charge is 0.0161 e. The second-order valence-corrected chi connectivity index (χ2v) is 7.23. The summed E-state index contributed by atoms with van der Waals surface area (Å²) in [5, 5.41) is 3.63. The molecule has 0 aliphatic heterocycles. The fourth-order valence-electron chi connectivity index (χ4n) is 2.31. The highest BCUT2D eigenvalue weighted by atomic mass is 14.9. The van der Waals surface area contributed by atoms with Gasteiger partial charge in [0.05, 0.1) is 0 Å². The minimum absolute atomic E-state index is 0.128. The van der Waals surface area contributed by atoms with Crippen molar-refractivity contribution in [2.45, 2.75) is 65.8 Å². The average molecular weight is 226 g/mol. The molecule has 1 aliphatic rings. The summed E-state index contributed by atoms with van der Waals surface area (Å²) in [5.74, 6) is 0. The van der Waals surface area contributed by atoms with E-state index in [2.05, 4.69) is 39.9 Å². The van der Waals surface area contributed by atoms with Gasteiger partial charge in [0, 0.05) is 18.6 Å². The normalized spacial score (nSPS) is 21.4. The van der Waals surface area contributed by atoms with E-state index < -0.39 is 0 Å². The molecule has 0 heterocycles. The van der Waals surface area contributed by atoms with Crippen molar-refractivity contribution < 1.29 is 0 Å². The molecule has 1 rings (SSSR count). The van der Waals surface area contributed by atoms with Gasteiger partial charge in [-0.2, -0.15) is 0 Å². The van der Waals surface area contributed by atoms with Crippen LogP contribution in [0, 0.1) is 10.8 Å². The van der Waals surface area contributed by atoms with Crippen molar-refractivity contribution in [2.24, 2.45) is 16.6 Å². The first-order valence-corrected chi connectivity index (χ1v) is 6.66. The fourth-order valence-corrected chi connectivity index (χ4v) is 2.31. The quantitative estimate of drug-likeness (QED) is 0.756. The molecule has 0 radical (unpaired) electrons. The largest absolute Gasteiger partial charge is 0.325 e. The van der Waals surface area contributed by atoms with E-state index in [1.54, 1.807) is 0 Å². The van der Waals surface area contributed by atoms with Crippen LogP contribution in [0.25, 0.3) is 0 Å². The molecule has 0 bridgehead atoms. The van der Waals surface area contributed by atoms with Gasteiger partial charge in [0.25, 0.3) is 0 Å². The molecule has 1 saturated carbocycles. The molecular weight excluding hydrogens is 196 g/mol. The van der Waals surface area contributed by atoms with Crippen molar-refractivity contribution in [3.63, 3.8) is 0 Å². The maximum absolute atomic E-state index is 6.20. The van der Waals surface area contributed by atoms with Crippen molar-refractivity contribution in [3.05, 3.63) is 0 Å². The number of rotatable bonds is 5. The van der Waals surface area contributed by atoms with Gasteiger partial charge in [0.15, 0.2) is 0 Å². The second kappa shape index (κ2) is 4.66. The van der Waals surface area contributed by atoms with Crippen LogP contribution < -0.4 is 11.1 Å². The standard InChI is InChI=1S/C14H30N2/c1-12(2,13(3,4)15)10-16-11-14(5)8-6-7-9-14/h16H,6-11,15H2,1-5H3. The maximum Gasteiger partial charge on any atom is 0.0161 e. The third-order valence-corrected chi connectivity index (χ3v) is 4.67. The SMILES string of the molecule is CC1(CNCC(C)(C)C(C)(C)N)CCCC1. The predicted octanol–water partition coefficient (Wildman–Crippen LogP) is 2.92. The molecule has 0 aromatic heterocycles. The van der Waals surface area contributed by atoms with Crippen LogP contribution >= 0.6 is 0 Å². The van der Waals surface area contributed by atoms with Crippen molar-refractivity contribution in [1.29, 1.82) is 0 Å². The molecule has 96 valence electrons. The molecule has 2 heteroatoms. The van der Waals surface area contributed by atoms with E-state index in [4.69, 9.17) is 5.73 Å². The highest BCUT2D eigenvalue weighted by molar-refractivity contribution is 4.92. The van der Waals surface area contributed by atoms with Gasteiger partial charge in [-0.1, -0.05) is 33.6 Å². The van der Waals surface area contributed by atoms with E-state index in [0.29, 0.717) is 5.41 Å². The van der Waals surface area contributed by atoms with E-state index in [0.717, 1.165) is 13.1 Å². The Bertz CT molecular complexity index is 219. The minimum atomic E-state index is -0.128. The predicted molar refractivity (Wildman–Crippen MR) is 71.5 cm³/mol. The lowest BCUT2D eigenvalue weighted by molar-refractivity contribution is 0.183. The summed E-state index contributed by atoms with van der Waals surface area (Å²) in [6.07, 6.45) is 5.58. The van der Waals surface area contributed by atoms with Crippen molar-refractivity contribution in [3.8, 4) is 0 Å². The molecule has 16 heavy (non-hydrogen) atoms. The topological polar surface area (TPSA) is 38.0 Å². The first-order valence-electron chi connectivity index (χ1n) is 6.66. The minimum Gasteiger partial charge on any atom is -0.325 e. The van der Waals surface area contributed by atoms with Crippen LogP contribution in [0.3, 0.4) is 0 Å². The molecule has 1 aliphatic carbocycles. The molecule has 3 N–H and O–H groups in total. The van der Waals surface area contributed by atoms with E-state index >= 15 is 0 Å². The van der Waals surface area contributed by atoms with Crippen LogP contribution in [-0.4, -0.2) is 18.6 Å². The Morgan fingerprint density at radius 1 is 1.12 bits per heavy atom. The first-order chi connectivity index (χ1) is 7.16. The Balaban J connectivity index is 2.35. The van der Waals surface area contributed by atoms with Gasteiger partial charge in [0.2, 0.25) is 0 Å². The number of hydrogen-bond donors (Lipinski definition) is 2. The van der Waals surface area contributed by atoms with Crippen LogP contribution in [0.4, 0.5) is 0 Å². The summed E-state index contributed by atoms with van der Waals surface area (Å²) in [5.41, 5.74) is 6.75. The zero-order valence-electron chi connectivity index (χ0n) is 11.8. The fraction of sp³-hybridized carbons (Fsp3) is 1.00. The molecule has 0 saturated heterocycles. The molecular formula is C14H30N2. The molecule has 0 amide bonds. The van der Waals surface area contributed by atoms with Gasteiger partial charge in [-0.25, -0.2) is 0 Å². The molecule has 2 nitrogen and oxygen atoms in total. The van der Waals surface area contributed by atoms with Crippen LogP contribution in [0.5, 0.6) is 0 Å². The number of nitrogens with two attached hydrogens (primary N) is 1. The monoisotopic (exact) mass is 226 g/mol. The zero-order chi connectivity index (χ0) is 12.4. The highest BCUT2D eigenvalue weighted by Crippen LogP contribution is 2.37. The van der Waals surface area contributed by atoms with Gasteiger partial charge in [-0.05, 0) is 37.5 Å². The summed E-state index contributed by atoms with van der Waals surface area (Å²) in [6, 6.07) is 0. The summed E-state index contributed by atoms with van der Waals surface area (Å²) < 4.78 is 0. The summed E-state index contributed by atoms with van der Waals surface area (Å²) in [6.45, 7) is 13.3. The Labute approximate surface area is 101 Å². The van der Waals surface area contributed by atoms with E-state index in [-0.39, 0.29) is 11.0 Å². The van der Waals surface area contributed by atoms with Crippen molar-refractivity contribution in [2.75, 3.05) is 13.1 Å². The van der Waals surface area contributed by atoms with E-state index in [9.17, 15) is 0 Å². The maximum atomic E-state index is 6.20. The van der Waals surface area contributed by atoms with Crippen molar-refractivity contribution in [1.82, 2.24) is 5.32 Å². The first kappa shape index (κ1) is 14.0. The second-order valence-electron chi connectivity index (χ2n) is 7.23. The Morgan fingerprint density at radius 2 is 1.62 bits per heavy atom. The number of nitrogens with one attached hydrogen (secondary N) is 1. The zero-order valence-corrected chi connectivity index (χ0v) is 11.8. The van der Waals surface area contributed by atoms with Gasteiger partial charge >= 0.3 is 0 Å². The molecule has 0 unspecified atom stereocenters. The molecule has 0 aromatic carbocycles. The average Bonchev–Trinajstić information content (AvgIpc) is 2.50. The summed E-state index contributed by atoms with van der Waals surface area (Å²) in [4.78, 5) is 0. The van der Waals surface area contributed by atoms with E-state index in [1.807, 2.05) is 0 Å². The molecule has 0 spiro atoms. The summed E-state index contributed by atoms with van der Waals surface area (Å²) in [7, 11) is 0. The van der Waals surface area contributed by atoms with Gasteiger partial charge < -0.3 is 11.1 Å². The van der Waals surface area contributed by atoms with Gasteiger partial charge in [-0.3, -0.25) is 0 Å². The van der Waals surface area contributed by atoms with Gasteiger partial charge in [0.1, 0.15) is 0 Å². The third kappa shape index (κ3) is 3.46. The van der Waals surface area contributed by atoms with Crippen LogP contribution in [0.1, 0.15) is 60.3 Å². The van der Waals surface area contributed by atoms with Crippen LogP contribution in [0.15, 0.2) is 0 Å². The van der Waals surface area contributed by atoms with Gasteiger partial charge in [-0.15, -0.1) is 0 Å². The van der Waals surface area contributed by atoms with Crippen LogP contribution in [0.2, 0.25) is 0 Å². The Morgan fingerprint density at radius 3 is 2.06 bits per heavy atom. The Kier molecular flexibility index (Phi) is 4.07. The third-order valence-electron chi connectivity index (χ3n) is 4.67.